The lowest BCUT2D eigenvalue weighted by molar-refractivity contribution is -0.883. The molecule has 0 aromatic carbocycles. The maximum Gasteiger partial charge on any atom is 0.362 e. The Morgan fingerprint density at radius 3 is 1.15 bits per heavy atom. The van der Waals surface area contributed by atoms with Crippen molar-refractivity contribution in [2.75, 3.05) is 81.3 Å². The molecular weight excluding hydrogens is 1120 g/mol. The number of nitrogens with zero attached hydrogens (tertiary/aromatic N) is 2. The number of unbranched alkanes of at least 4 members (excludes halogenated alkanes) is 21. The fourth-order valence-electron chi connectivity index (χ4n) is 9.19. The summed E-state index contributed by atoms with van der Waals surface area (Å²) in [6.45, 7) is 9.08. The molecule has 0 rings (SSSR count). The van der Waals surface area contributed by atoms with Crippen LogP contribution in [0.25, 0.3) is 0 Å². The second kappa shape index (κ2) is 57.5. The Balaban J connectivity index is -0.0000328. The molecule has 0 saturated carbocycles. The van der Waals surface area contributed by atoms with Crippen LogP contribution in [0.3, 0.4) is 0 Å². The third kappa shape index (κ3) is 56.5. The van der Waals surface area contributed by atoms with Gasteiger partial charge < -0.3 is 72.4 Å². The van der Waals surface area contributed by atoms with Crippen molar-refractivity contribution in [1.29, 1.82) is 0 Å². The van der Waals surface area contributed by atoms with Crippen LogP contribution in [0.2, 0.25) is 0 Å². The Hall–Kier alpha value is -3.28. The highest BCUT2D eigenvalue weighted by Crippen LogP contribution is 2.19. The highest BCUT2D eigenvalue weighted by atomic mass is 35.5. The Labute approximate surface area is 523 Å². The molecule has 0 aliphatic rings. The molecule has 0 aromatic heterocycles. The van der Waals surface area contributed by atoms with Gasteiger partial charge in [0.1, 0.15) is 38.5 Å². The van der Waals surface area contributed by atoms with Crippen molar-refractivity contribution in [3.8, 4) is 0 Å². The molecule has 0 bridgehead atoms. The predicted octanol–water partition coefficient (Wildman–Crippen LogP) is 7.10. The van der Waals surface area contributed by atoms with Crippen molar-refractivity contribution >= 4 is 35.8 Å². The smallest absolute Gasteiger partial charge is 0.362 e. The lowest BCUT2D eigenvalue weighted by Gasteiger charge is -2.30. The van der Waals surface area contributed by atoms with E-state index in [2.05, 4.69) is 26.0 Å². The van der Waals surface area contributed by atoms with Crippen LogP contribution < -0.4 is 24.8 Å². The van der Waals surface area contributed by atoms with Crippen LogP contribution >= 0.6 is 0 Å². The minimum absolute atomic E-state index is 0. The highest BCUT2D eigenvalue weighted by molar-refractivity contribution is 5.73. The average molecular weight is 1240 g/mol. The van der Waals surface area contributed by atoms with Crippen LogP contribution in [0.15, 0.2) is 24.3 Å². The molecular formula is C66H122Cl2N2O14. The van der Waals surface area contributed by atoms with Crippen molar-refractivity contribution < 1.29 is 101 Å². The molecule has 4 unspecified atom stereocenters. The van der Waals surface area contributed by atoms with E-state index in [1.165, 1.54) is 0 Å². The molecule has 0 amide bonds. The Morgan fingerprint density at radius 1 is 0.369 bits per heavy atom. The molecule has 0 aliphatic heterocycles. The van der Waals surface area contributed by atoms with E-state index in [-0.39, 0.29) is 80.7 Å². The predicted molar refractivity (Wildman–Crippen MR) is 326 cm³/mol. The molecule has 494 valence electrons. The first-order valence-electron chi connectivity index (χ1n) is 32.6. The van der Waals surface area contributed by atoms with Crippen molar-refractivity contribution in [1.82, 2.24) is 0 Å². The molecule has 0 heterocycles. The van der Waals surface area contributed by atoms with Gasteiger partial charge in [-0.3, -0.25) is 24.0 Å². The maximum atomic E-state index is 12.9. The molecule has 4 atom stereocenters. The molecule has 84 heavy (non-hydrogen) atoms. The summed E-state index contributed by atoms with van der Waals surface area (Å²) >= 11 is 0. The molecule has 2 N–H and O–H groups in total. The van der Waals surface area contributed by atoms with Gasteiger partial charge in [-0.05, 0) is 103 Å². The van der Waals surface area contributed by atoms with E-state index in [1.807, 2.05) is 54.3 Å². The number of halogens is 2. The number of aliphatic hydroxyl groups excluding tert-OH is 2. The van der Waals surface area contributed by atoms with Crippen LogP contribution in [0.5, 0.6) is 0 Å². The Morgan fingerprint density at radius 2 is 0.726 bits per heavy atom. The summed E-state index contributed by atoms with van der Waals surface area (Å²) in [6, 6.07) is 0. The number of esters is 6. The second-order valence-electron chi connectivity index (χ2n) is 24.4. The van der Waals surface area contributed by atoms with E-state index in [9.17, 15) is 39.0 Å². The summed E-state index contributed by atoms with van der Waals surface area (Å²) in [5, 5.41) is 21.8. The van der Waals surface area contributed by atoms with Crippen LogP contribution in [-0.2, 0) is 57.2 Å². The van der Waals surface area contributed by atoms with Crippen LogP contribution in [0.1, 0.15) is 258 Å². The number of aliphatic hydroxyl groups is 2. The van der Waals surface area contributed by atoms with Gasteiger partial charge in [-0.15, -0.1) is 0 Å². The first-order chi connectivity index (χ1) is 39.3. The summed E-state index contributed by atoms with van der Waals surface area (Å²) in [4.78, 5) is 73.6. The molecule has 0 fully saturated rings. The Kier molecular flexibility index (Phi) is 58.1. The molecule has 16 nitrogen and oxygen atoms in total. The number of hydrogen-bond donors (Lipinski definition) is 2. The summed E-state index contributed by atoms with van der Waals surface area (Å²) in [7, 11) is 9.90. The number of ether oxygens (including phenoxy) is 6. The van der Waals surface area contributed by atoms with E-state index >= 15 is 0 Å². The van der Waals surface area contributed by atoms with Crippen molar-refractivity contribution in [2.45, 2.75) is 283 Å². The number of hydrogen-bond acceptors (Lipinski definition) is 14. The second-order valence-corrected chi connectivity index (χ2v) is 24.4. The molecule has 0 aromatic rings. The minimum Gasteiger partial charge on any atom is -1.00 e. The first kappa shape index (κ1) is 84.9. The zero-order chi connectivity index (χ0) is 61.0. The lowest BCUT2D eigenvalue weighted by Crippen LogP contribution is -3.00. The van der Waals surface area contributed by atoms with E-state index in [4.69, 9.17) is 28.4 Å². The van der Waals surface area contributed by atoms with Gasteiger partial charge in [-0.1, -0.05) is 148 Å². The molecule has 0 saturated heterocycles. The summed E-state index contributed by atoms with van der Waals surface area (Å²) in [6.07, 6.45) is 36.4. The molecule has 18 heteroatoms. The maximum absolute atomic E-state index is 12.9. The normalized spacial score (nSPS) is 13.1. The number of carbonyl (C=O) groups excluding carboxylic acids is 6. The zero-order valence-electron chi connectivity index (χ0n) is 54.2. The van der Waals surface area contributed by atoms with Gasteiger partial charge in [0, 0.05) is 32.1 Å². The molecule has 0 aliphatic carbocycles. The van der Waals surface area contributed by atoms with Gasteiger partial charge >= 0.3 is 35.8 Å². The van der Waals surface area contributed by atoms with E-state index in [0.717, 1.165) is 180 Å². The fraction of sp³-hybridized carbons (Fsp3) is 0.848. The minimum atomic E-state index is -0.772. The quantitative estimate of drug-likeness (QED) is 0.0206. The van der Waals surface area contributed by atoms with Crippen LogP contribution in [0.4, 0.5) is 0 Å². The largest absolute Gasteiger partial charge is 1.00 e. The van der Waals surface area contributed by atoms with E-state index < -0.39 is 30.4 Å². The number of carbonyl (C=O) groups is 6. The third-order valence-corrected chi connectivity index (χ3v) is 14.5. The van der Waals surface area contributed by atoms with Gasteiger partial charge in [-0.25, -0.2) is 4.79 Å². The SMILES string of the molecule is CCCCCC(OC(=O)CCCC(=O)OCC[N+](C)(C)C)C(O)C/C=C\CCCCCCCC(=O)OCCCCCCCCCCOC(=O)CCCCCCC/C=C\CC(O)C(CCCCC)OC(=O)C[N+](C)(C)CCOC(=O)CCC.[Cl-].[Cl-]. The number of likely N-dealkylation sites (N-methyl/N-ethyl adjacent to an activating group) is 2. The third-order valence-electron chi connectivity index (χ3n) is 14.5. The number of quaternary nitrogens is 2. The monoisotopic (exact) mass is 1240 g/mol. The van der Waals surface area contributed by atoms with Gasteiger partial charge in [-0.2, -0.15) is 0 Å². The fourth-order valence-corrected chi connectivity index (χ4v) is 9.19. The van der Waals surface area contributed by atoms with Crippen molar-refractivity contribution in [2.24, 2.45) is 0 Å². The van der Waals surface area contributed by atoms with Crippen molar-refractivity contribution in [3.63, 3.8) is 0 Å². The summed E-state index contributed by atoms with van der Waals surface area (Å²) in [5.41, 5.74) is 0. The summed E-state index contributed by atoms with van der Waals surface area (Å²) in [5.74, 6) is -1.50. The van der Waals surface area contributed by atoms with Crippen molar-refractivity contribution in [3.05, 3.63) is 24.3 Å². The zero-order valence-corrected chi connectivity index (χ0v) is 55.7. The van der Waals surface area contributed by atoms with Crippen LogP contribution in [0, 0.1) is 0 Å². The van der Waals surface area contributed by atoms with Gasteiger partial charge in [0.25, 0.3) is 0 Å². The molecule has 0 spiro atoms. The van der Waals surface area contributed by atoms with E-state index in [0.29, 0.717) is 86.7 Å². The summed E-state index contributed by atoms with van der Waals surface area (Å²) < 4.78 is 34.0. The Bertz CT molecular complexity index is 1690. The molecule has 0 radical (unpaired) electrons. The van der Waals surface area contributed by atoms with Gasteiger partial charge in [0.15, 0.2) is 6.54 Å². The standard InChI is InChI=1S/C66H122N2O14.2ClH/c1-9-12-32-44-59(81-65(75)49-40-48-64(74)79-54-50-67(4,5)6)57(69)42-34-26-20-14-16-22-28-36-46-62(72)77-52-38-30-24-18-19-25-31-39-53-78-63(73)47-37-29-23-17-15-21-27-35-43-58(70)60(45-33-13-10-2)82-66(76)56-68(7,8)51-55-80-61(71)41-11-3;;/h26-27,34-35,57-60,69-70H,9-25,28-33,36-56H2,1-8H3;2*1H/q+2;;/p-2/b34-26-,35-27-;;. The van der Waals surface area contributed by atoms with E-state index in [1.54, 1.807) is 0 Å². The topological polar surface area (TPSA) is 198 Å². The van der Waals surface area contributed by atoms with Crippen LogP contribution in [-0.4, -0.2) is 161 Å². The highest BCUT2D eigenvalue weighted by Gasteiger charge is 2.28. The lowest BCUT2D eigenvalue weighted by atomic mass is 10.0. The first-order valence-corrected chi connectivity index (χ1v) is 32.6. The number of allylic oxidation sites excluding steroid dienone is 2. The van der Waals surface area contributed by atoms with Gasteiger partial charge in [0.05, 0.1) is 60.7 Å². The van der Waals surface area contributed by atoms with Gasteiger partial charge in [0.2, 0.25) is 0 Å². The number of rotatable bonds is 57. The average Bonchev–Trinajstić information content (AvgIpc) is 3.41.